The number of nitrogens with one attached hydrogen (secondary N) is 1. The summed E-state index contributed by atoms with van der Waals surface area (Å²) in [7, 11) is 0. The number of piperidine rings is 2. The first-order valence-corrected chi connectivity index (χ1v) is 19.5. The summed E-state index contributed by atoms with van der Waals surface area (Å²) in [4.78, 5) is 71.8. The van der Waals surface area contributed by atoms with Crippen molar-refractivity contribution in [3.05, 3.63) is 93.0 Å². The van der Waals surface area contributed by atoms with Crippen LogP contribution in [0.5, 0.6) is 5.75 Å². The van der Waals surface area contributed by atoms with Gasteiger partial charge >= 0.3 is 0 Å². The second-order valence-corrected chi connectivity index (χ2v) is 16.6. The van der Waals surface area contributed by atoms with Crippen LogP contribution in [0.3, 0.4) is 0 Å². The number of hydrogen-bond donors (Lipinski definition) is 1. The number of likely N-dealkylation sites (tertiary alicyclic amines) is 1. The van der Waals surface area contributed by atoms with E-state index in [-0.39, 0.29) is 30.3 Å². The molecule has 4 fully saturated rings. The molecule has 3 aromatic rings. The zero-order chi connectivity index (χ0) is 38.0. The summed E-state index contributed by atoms with van der Waals surface area (Å²) in [6, 6.07) is 18.0. The van der Waals surface area contributed by atoms with Crippen molar-refractivity contribution in [2.24, 2.45) is 11.3 Å². The van der Waals surface area contributed by atoms with Crippen LogP contribution >= 0.6 is 11.6 Å². The maximum atomic E-state index is 13.5. The van der Waals surface area contributed by atoms with E-state index in [0.29, 0.717) is 65.1 Å². The molecule has 1 spiro atoms. The molecule has 12 nitrogen and oxygen atoms in total. The van der Waals surface area contributed by atoms with Gasteiger partial charge in [-0.25, -0.2) is 0 Å². The number of nitrogens with zero attached hydrogens (tertiary/aromatic N) is 5. The second kappa shape index (κ2) is 13.8. The first-order valence-electron chi connectivity index (χ1n) is 19.2. The van der Waals surface area contributed by atoms with Gasteiger partial charge in [-0.2, -0.15) is 5.26 Å². The van der Waals surface area contributed by atoms with Crippen LogP contribution in [0.4, 0.5) is 5.69 Å². The standard InChI is InChI=1S/C42H41ClN6O6/c43-35-17-31(6-3-27(35)19-44)55-32-9-12-42(18-32)23-48(24-42)30-4-1-26(2-5-30)39(52)47-13-10-25(11-14-47)20-46-21-28-15-33-34(16-29(28)22-46)41(54)49(40(33)53)36-7-8-37(50)45-38(36)51/h1-6,15-17,25,32,36H,7-14,18,20-24H2,(H,45,50,51). The SMILES string of the molecule is N#Cc1ccc(OC2CCC3(C2)CN(c2ccc(C(=O)N4CCC(CN5Cc6cc7c(cc6C5)C(=O)N(C5CCC(=O)NC5=O)C7=O)CC4)cc2)C3)cc1Cl. The van der Waals surface area contributed by atoms with Gasteiger partial charge in [-0.3, -0.25) is 39.1 Å². The average molecular weight is 761 g/mol. The molecular weight excluding hydrogens is 720 g/mol. The number of anilines is 1. The Morgan fingerprint density at radius 3 is 2.24 bits per heavy atom. The second-order valence-electron chi connectivity index (χ2n) is 16.2. The molecule has 1 N–H and O–H groups in total. The number of nitriles is 1. The third kappa shape index (κ3) is 6.53. The summed E-state index contributed by atoms with van der Waals surface area (Å²) in [5, 5.41) is 11.8. The molecule has 5 amide bonds. The molecule has 5 aliphatic heterocycles. The maximum absolute atomic E-state index is 13.5. The van der Waals surface area contributed by atoms with Crippen LogP contribution in [0.2, 0.25) is 5.02 Å². The van der Waals surface area contributed by atoms with Crippen LogP contribution in [0, 0.1) is 22.7 Å². The zero-order valence-corrected chi connectivity index (χ0v) is 31.1. The monoisotopic (exact) mass is 760 g/mol. The molecule has 0 bridgehead atoms. The van der Waals surface area contributed by atoms with Crippen molar-refractivity contribution in [2.45, 2.75) is 70.2 Å². The third-order valence-corrected chi connectivity index (χ3v) is 12.8. The lowest BCUT2D eigenvalue weighted by atomic mass is 9.78. The quantitative estimate of drug-likeness (QED) is 0.332. The first-order chi connectivity index (χ1) is 26.6. The maximum Gasteiger partial charge on any atom is 0.262 e. The Kier molecular flexibility index (Phi) is 8.89. The molecule has 2 unspecified atom stereocenters. The van der Waals surface area contributed by atoms with Crippen molar-refractivity contribution in [3.8, 4) is 11.8 Å². The minimum Gasteiger partial charge on any atom is -0.490 e. The Bertz CT molecular complexity index is 2120. The lowest BCUT2D eigenvalue weighted by molar-refractivity contribution is -0.136. The summed E-state index contributed by atoms with van der Waals surface area (Å²) in [6.07, 6.45) is 5.24. The number of ether oxygens (including phenoxy) is 1. The summed E-state index contributed by atoms with van der Waals surface area (Å²) in [5.74, 6) is -0.757. The molecule has 5 heterocycles. The molecule has 282 valence electrons. The highest BCUT2D eigenvalue weighted by atomic mass is 35.5. The number of fused-ring (bicyclic) bond motifs is 2. The summed E-state index contributed by atoms with van der Waals surface area (Å²) < 4.78 is 6.23. The highest BCUT2D eigenvalue weighted by Crippen LogP contribution is 2.48. The van der Waals surface area contributed by atoms with E-state index < -0.39 is 29.7 Å². The van der Waals surface area contributed by atoms with Gasteiger partial charge in [0, 0.05) is 75.0 Å². The van der Waals surface area contributed by atoms with Gasteiger partial charge in [0.25, 0.3) is 17.7 Å². The van der Waals surface area contributed by atoms with Crippen LogP contribution in [0.25, 0.3) is 0 Å². The van der Waals surface area contributed by atoms with Crippen molar-refractivity contribution >= 4 is 46.8 Å². The number of halogens is 1. The van der Waals surface area contributed by atoms with Gasteiger partial charge in [0.15, 0.2) is 0 Å². The Labute approximate surface area is 323 Å². The number of carbonyl (C=O) groups excluding carboxylic acids is 5. The van der Waals surface area contributed by atoms with Gasteiger partial charge < -0.3 is 14.5 Å². The van der Waals surface area contributed by atoms with Gasteiger partial charge in [0.05, 0.1) is 27.8 Å². The smallest absolute Gasteiger partial charge is 0.262 e. The minimum absolute atomic E-state index is 0.0625. The van der Waals surface area contributed by atoms with Crippen LogP contribution in [0.1, 0.15) is 92.7 Å². The molecule has 6 aliphatic rings. The summed E-state index contributed by atoms with van der Waals surface area (Å²) in [6.45, 7) is 5.55. The highest BCUT2D eigenvalue weighted by Gasteiger charge is 2.49. The van der Waals surface area contributed by atoms with E-state index in [1.807, 2.05) is 23.1 Å². The van der Waals surface area contributed by atoms with E-state index >= 15 is 0 Å². The Hall–Kier alpha value is -5.25. The number of carbonyl (C=O) groups is 5. The molecule has 9 rings (SSSR count). The van der Waals surface area contributed by atoms with Crippen molar-refractivity contribution in [1.29, 1.82) is 5.26 Å². The lowest BCUT2D eigenvalue weighted by Gasteiger charge is -2.49. The van der Waals surface area contributed by atoms with E-state index in [4.69, 9.17) is 21.6 Å². The average Bonchev–Trinajstić information content (AvgIpc) is 3.84. The number of hydrogen-bond acceptors (Lipinski definition) is 9. The van der Waals surface area contributed by atoms with Crippen molar-refractivity contribution in [1.82, 2.24) is 20.0 Å². The minimum atomic E-state index is -0.969. The summed E-state index contributed by atoms with van der Waals surface area (Å²) >= 11 is 6.20. The molecule has 3 aromatic carbocycles. The number of imide groups is 2. The van der Waals surface area contributed by atoms with E-state index in [1.165, 1.54) is 0 Å². The molecule has 13 heteroatoms. The van der Waals surface area contributed by atoms with Crippen molar-refractivity contribution in [3.63, 3.8) is 0 Å². The Morgan fingerprint density at radius 2 is 1.60 bits per heavy atom. The molecule has 1 aliphatic carbocycles. The van der Waals surface area contributed by atoms with Crippen molar-refractivity contribution in [2.75, 3.05) is 37.6 Å². The van der Waals surface area contributed by atoms with Crippen LogP contribution in [0.15, 0.2) is 54.6 Å². The van der Waals surface area contributed by atoms with Gasteiger partial charge in [-0.05, 0) is 104 Å². The van der Waals surface area contributed by atoms with E-state index in [1.54, 1.807) is 24.3 Å². The normalized spacial score (nSPS) is 23.5. The third-order valence-electron chi connectivity index (χ3n) is 12.5. The van der Waals surface area contributed by atoms with Gasteiger partial charge in [0.2, 0.25) is 11.8 Å². The van der Waals surface area contributed by atoms with E-state index in [0.717, 1.165) is 73.5 Å². The molecule has 3 saturated heterocycles. The Balaban J connectivity index is 0.733. The fourth-order valence-electron chi connectivity index (χ4n) is 9.59. The fraction of sp³-hybridized carbons (Fsp3) is 0.429. The van der Waals surface area contributed by atoms with Crippen LogP contribution < -0.4 is 15.0 Å². The molecule has 2 atom stereocenters. The van der Waals surface area contributed by atoms with Gasteiger partial charge in [-0.1, -0.05) is 11.6 Å². The highest BCUT2D eigenvalue weighted by molar-refractivity contribution is 6.31. The number of rotatable bonds is 7. The van der Waals surface area contributed by atoms with Crippen LogP contribution in [-0.2, 0) is 22.7 Å². The van der Waals surface area contributed by atoms with E-state index in [9.17, 15) is 24.0 Å². The van der Waals surface area contributed by atoms with Gasteiger partial charge in [0.1, 0.15) is 17.9 Å². The van der Waals surface area contributed by atoms with Crippen molar-refractivity contribution < 1.29 is 28.7 Å². The first kappa shape index (κ1) is 35.5. The fourth-order valence-corrected chi connectivity index (χ4v) is 9.80. The zero-order valence-electron chi connectivity index (χ0n) is 30.4. The van der Waals surface area contributed by atoms with Gasteiger partial charge in [-0.15, -0.1) is 0 Å². The van der Waals surface area contributed by atoms with E-state index in [2.05, 4.69) is 33.3 Å². The van der Waals surface area contributed by atoms with Crippen LogP contribution in [-0.4, -0.2) is 89.1 Å². The predicted molar refractivity (Wildman–Crippen MR) is 201 cm³/mol. The lowest BCUT2D eigenvalue weighted by Crippen LogP contribution is -2.55. The molecular formula is C42H41ClN6O6. The summed E-state index contributed by atoms with van der Waals surface area (Å²) in [5.41, 5.74) is 5.19. The number of benzene rings is 3. The molecule has 1 saturated carbocycles. The molecule has 55 heavy (non-hydrogen) atoms. The number of amides is 5. The largest absolute Gasteiger partial charge is 0.490 e. The predicted octanol–water partition coefficient (Wildman–Crippen LogP) is 4.92. The Morgan fingerprint density at radius 1 is 0.909 bits per heavy atom. The molecule has 0 radical (unpaired) electrons. The topological polar surface area (TPSA) is 143 Å². The molecule has 0 aromatic heterocycles.